The molecule has 0 bridgehead atoms. The van der Waals surface area contributed by atoms with Crippen LogP contribution in [0.1, 0.15) is 58.8 Å². The molecule has 2 fully saturated rings. The van der Waals surface area contributed by atoms with Crippen molar-refractivity contribution in [2.75, 3.05) is 0 Å². The minimum Gasteiger partial charge on any atom is -0.481 e. The number of carbonyl (C=O) groups excluding carboxylic acids is 1. The summed E-state index contributed by atoms with van der Waals surface area (Å²) in [5.74, 6) is -0.857. The van der Waals surface area contributed by atoms with Crippen molar-refractivity contribution < 1.29 is 24.5 Å². The first kappa shape index (κ1) is 18.2. The van der Waals surface area contributed by atoms with Gasteiger partial charge in [0.25, 0.3) is 0 Å². The normalized spacial score (nSPS) is 41.1. The van der Waals surface area contributed by atoms with Crippen LogP contribution in [0.25, 0.3) is 0 Å². The largest absolute Gasteiger partial charge is 0.481 e. The van der Waals surface area contributed by atoms with E-state index in [9.17, 15) is 19.8 Å². The fraction of sp³-hybridized carbons (Fsp3) is 0.700. The number of aliphatic carboxylic acids is 1. The molecule has 1 aliphatic heterocycles. The number of allylic oxidation sites excluding steroid dienone is 1. The molecule has 0 spiro atoms. The van der Waals surface area contributed by atoms with Gasteiger partial charge in [0.15, 0.2) is 0 Å². The number of esters is 1. The maximum atomic E-state index is 12.0. The van der Waals surface area contributed by atoms with E-state index in [4.69, 9.17) is 4.74 Å². The van der Waals surface area contributed by atoms with Crippen LogP contribution in [0.5, 0.6) is 0 Å². The molecule has 2 saturated carbocycles. The zero-order valence-corrected chi connectivity index (χ0v) is 15.1. The molecule has 0 unspecified atom stereocenters. The van der Waals surface area contributed by atoms with Gasteiger partial charge in [-0.05, 0) is 62.7 Å². The van der Waals surface area contributed by atoms with Crippen molar-refractivity contribution in [2.45, 2.75) is 65.1 Å². The van der Waals surface area contributed by atoms with Gasteiger partial charge < -0.3 is 14.9 Å². The lowest BCUT2D eigenvalue weighted by Crippen LogP contribution is -2.53. The Morgan fingerprint density at radius 2 is 2.12 bits per heavy atom. The van der Waals surface area contributed by atoms with Gasteiger partial charge in [0.2, 0.25) is 6.29 Å². The predicted octanol–water partition coefficient (Wildman–Crippen LogP) is 3.43. The second kappa shape index (κ2) is 6.27. The maximum absolute atomic E-state index is 12.0. The number of hydrogen-bond acceptors (Lipinski definition) is 4. The highest BCUT2D eigenvalue weighted by Crippen LogP contribution is 2.62. The topological polar surface area (TPSA) is 83.8 Å². The van der Waals surface area contributed by atoms with Crippen LogP contribution in [0.3, 0.4) is 0 Å². The third kappa shape index (κ3) is 2.92. The molecule has 3 aliphatic rings. The van der Waals surface area contributed by atoms with Crippen molar-refractivity contribution in [1.82, 2.24) is 0 Å². The summed E-state index contributed by atoms with van der Waals surface area (Å²) < 4.78 is 4.76. The van der Waals surface area contributed by atoms with Gasteiger partial charge >= 0.3 is 11.9 Å². The van der Waals surface area contributed by atoms with Crippen molar-refractivity contribution in [3.8, 4) is 0 Å². The van der Waals surface area contributed by atoms with Crippen molar-refractivity contribution in [1.29, 1.82) is 0 Å². The number of carboxylic acids is 1. The molecule has 5 heteroatoms. The van der Waals surface area contributed by atoms with Gasteiger partial charge in [0, 0.05) is 11.6 Å². The Labute approximate surface area is 148 Å². The number of carboxylic acid groups (broad SMARTS) is 1. The van der Waals surface area contributed by atoms with Crippen LogP contribution in [0.15, 0.2) is 23.8 Å². The molecule has 0 radical (unpaired) electrons. The van der Waals surface area contributed by atoms with Crippen LogP contribution >= 0.6 is 0 Å². The molecule has 0 aromatic carbocycles. The van der Waals surface area contributed by atoms with Gasteiger partial charge in [0.1, 0.15) is 0 Å². The number of aliphatic hydroxyl groups is 1. The van der Waals surface area contributed by atoms with Crippen molar-refractivity contribution in [3.05, 3.63) is 23.8 Å². The summed E-state index contributed by atoms with van der Waals surface area (Å²) in [5.41, 5.74) is 1.00. The standard InChI is InChI=1S/C20H28O5/c1-12-5-8-15-19(2,9-4-10-20(15,3)18(23)24)14(12)7-6-13-11-16(21)25-17(13)22/h11,14-15,17,22H,1,4-10H2,2-3H3,(H,23,24)/t14-,15+,17+,19+,20-/m0/s1. The number of carbonyl (C=O) groups is 2. The summed E-state index contributed by atoms with van der Waals surface area (Å²) in [7, 11) is 0. The molecule has 138 valence electrons. The zero-order chi connectivity index (χ0) is 18.4. The SMILES string of the molecule is C=C1CC[C@@H]2[C@](C)(CCC[C@]2(C)C(=O)O)[C@H]1CCC1=CC(=O)O[C@H]1O. The second-order valence-electron chi connectivity index (χ2n) is 8.43. The molecular weight excluding hydrogens is 320 g/mol. The molecule has 2 N–H and O–H groups in total. The Hall–Kier alpha value is -1.62. The van der Waals surface area contributed by atoms with E-state index in [-0.39, 0.29) is 17.3 Å². The van der Waals surface area contributed by atoms with Crippen molar-refractivity contribution in [2.24, 2.45) is 22.7 Å². The van der Waals surface area contributed by atoms with E-state index in [1.165, 1.54) is 11.6 Å². The lowest BCUT2D eigenvalue weighted by molar-refractivity contribution is -0.164. The third-order valence-corrected chi connectivity index (χ3v) is 7.08. The molecule has 0 saturated heterocycles. The number of hydrogen-bond donors (Lipinski definition) is 2. The van der Waals surface area contributed by atoms with Crippen LogP contribution in [-0.4, -0.2) is 28.4 Å². The first-order chi connectivity index (χ1) is 11.7. The number of aliphatic hydroxyl groups excluding tert-OH is 1. The molecule has 25 heavy (non-hydrogen) atoms. The van der Waals surface area contributed by atoms with Crippen LogP contribution in [0.4, 0.5) is 0 Å². The molecular formula is C20H28O5. The molecule has 1 heterocycles. The minimum absolute atomic E-state index is 0.101. The van der Waals surface area contributed by atoms with Crippen LogP contribution in [0.2, 0.25) is 0 Å². The van der Waals surface area contributed by atoms with Crippen molar-refractivity contribution in [3.63, 3.8) is 0 Å². The molecule has 0 aromatic heterocycles. The fourth-order valence-electron chi connectivity index (χ4n) is 5.69. The number of fused-ring (bicyclic) bond motifs is 1. The summed E-state index contributed by atoms with van der Waals surface area (Å²) in [4.78, 5) is 23.3. The summed E-state index contributed by atoms with van der Waals surface area (Å²) in [5, 5.41) is 19.6. The fourth-order valence-corrected chi connectivity index (χ4v) is 5.69. The molecule has 5 nitrogen and oxygen atoms in total. The number of cyclic esters (lactones) is 1. The lowest BCUT2D eigenvalue weighted by Gasteiger charge is -2.57. The first-order valence-electron chi connectivity index (χ1n) is 9.18. The van der Waals surface area contributed by atoms with E-state index in [1.807, 2.05) is 6.92 Å². The summed E-state index contributed by atoms with van der Waals surface area (Å²) in [6.45, 7) is 8.39. The van der Waals surface area contributed by atoms with Crippen LogP contribution in [-0.2, 0) is 14.3 Å². The third-order valence-electron chi connectivity index (χ3n) is 7.08. The Morgan fingerprint density at radius 3 is 2.72 bits per heavy atom. The maximum Gasteiger partial charge on any atom is 0.333 e. The molecule has 5 atom stereocenters. The molecule has 0 amide bonds. The smallest absolute Gasteiger partial charge is 0.333 e. The number of ether oxygens (including phenoxy) is 1. The predicted molar refractivity (Wildman–Crippen MR) is 92.5 cm³/mol. The molecule has 3 rings (SSSR count). The zero-order valence-electron chi connectivity index (χ0n) is 15.1. The monoisotopic (exact) mass is 348 g/mol. The first-order valence-corrected chi connectivity index (χ1v) is 9.18. The highest BCUT2D eigenvalue weighted by Gasteiger charge is 2.57. The van der Waals surface area contributed by atoms with Crippen LogP contribution < -0.4 is 0 Å². The van der Waals surface area contributed by atoms with Gasteiger partial charge in [-0.2, -0.15) is 0 Å². The van der Waals surface area contributed by atoms with E-state index in [0.717, 1.165) is 38.5 Å². The van der Waals surface area contributed by atoms with E-state index >= 15 is 0 Å². The van der Waals surface area contributed by atoms with Gasteiger partial charge in [-0.1, -0.05) is 25.5 Å². The average Bonchev–Trinajstić information content (AvgIpc) is 2.84. The summed E-state index contributed by atoms with van der Waals surface area (Å²) >= 11 is 0. The Balaban J connectivity index is 1.83. The van der Waals surface area contributed by atoms with Gasteiger partial charge in [-0.15, -0.1) is 0 Å². The minimum atomic E-state index is -1.14. The van der Waals surface area contributed by atoms with E-state index in [0.29, 0.717) is 12.0 Å². The highest BCUT2D eigenvalue weighted by molar-refractivity contribution is 5.85. The van der Waals surface area contributed by atoms with Gasteiger partial charge in [0.05, 0.1) is 5.41 Å². The lowest BCUT2D eigenvalue weighted by atomic mass is 9.46. The van der Waals surface area contributed by atoms with E-state index in [1.54, 1.807) is 0 Å². The van der Waals surface area contributed by atoms with Crippen LogP contribution in [0, 0.1) is 22.7 Å². The van der Waals surface area contributed by atoms with E-state index < -0.39 is 23.6 Å². The van der Waals surface area contributed by atoms with Crippen molar-refractivity contribution >= 4 is 11.9 Å². The quantitative estimate of drug-likeness (QED) is 0.601. The number of rotatable bonds is 4. The highest BCUT2D eigenvalue weighted by atomic mass is 16.6. The Bertz CT molecular complexity index is 636. The van der Waals surface area contributed by atoms with Gasteiger partial charge in [-0.25, -0.2) is 4.79 Å². The van der Waals surface area contributed by atoms with Gasteiger partial charge in [-0.3, -0.25) is 4.79 Å². The summed E-state index contributed by atoms with van der Waals surface area (Å²) in [6.07, 6.45) is 5.94. The Kier molecular flexibility index (Phi) is 4.56. The average molecular weight is 348 g/mol. The molecule has 2 aliphatic carbocycles. The van der Waals surface area contributed by atoms with E-state index in [2.05, 4.69) is 13.5 Å². The summed E-state index contributed by atoms with van der Waals surface area (Å²) in [6, 6.07) is 0. The second-order valence-corrected chi connectivity index (χ2v) is 8.43. The molecule has 0 aromatic rings. The Morgan fingerprint density at radius 1 is 1.40 bits per heavy atom.